The van der Waals surface area contributed by atoms with E-state index in [0.717, 1.165) is 21.7 Å². The summed E-state index contributed by atoms with van der Waals surface area (Å²) in [5.74, 6) is 0.153. The van der Waals surface area contributed by atoms with Crippen LogP contribution in [0, 0.1) is 13.8 Å². The van der Waals surface area contributed by atoms with E-state index < -0.39 is 22.5 Å². The van der Waals surface area contributed by atoms with Crippen LogP contribution in [-0.4, -0.2) is 41.3 Å². The molecule has 2 aromatic rings. The van der Waals surface area contributed by atoms with Gasteiger partial charge in [-0.1, -0.05) is 29.8 Å². The Morgan fingerprint density at radius 2 is 1.68 bits per heavy atom. The lowest BCUT2D eigenvalue weighted by atomic mass is 10.1. The summed E-state index contributed by atoms with van der Waals surface area (Å²) in [5, 5.41) is 2.99. The van der Waals surface area contributed by atoms with Crippen LogP contribution in [0.1, 0.15) is 11.1 Å². The highest BCUT2D eigenvalue weighted by atomic mass is 35.5. The highest BCUT2D eigenvalue weighted by molar-refractivity contribution is 7.92. The minimum atomic E-state index is -3.69. The fourth-order valence-corrected chi connectivity index (χ4v) is 4.04. The lowest BCUT2D eigenvalue weighted by Gasteiger charge is -2.25. The standard InChI is InChI=1S/C19H23ClN2O5S/c1-12-7-6-8-13(2)19(12)22(28(5,24)25)11-18(23)21-15-10-16(26-3)14(20)9-17(15)27-4/h6-10H,11H2,1-5H3,(H,21,23). The number of carbonyl (C=O) groups is 1. The van der Waals surface area contributed by atoms with Gasteiger partial charge in [0.2, 0.25) is 15.9 Å². The molecule has 0 heterocycles. The van der Waals surface area contributed by atoms with Gasteiger partial charge in [-0.05, 0) is 25.0 Å². The highest BCUT2D eigenvalue weighted by Gasteiger charge is 2.24. The molecule has 0 atom stereocenters. The number of benzene rings is 2. The molecule has 0 aliphatic carbocycles. The predicted octanol–water partition coefficient (Wildman–Crippen LogP) is 3.38. The zero-order chi connectivity index (χ0) is 21.1. The quantitative estimate of drug-likeness (QED) is 0.733. The van der Waals surface area contributed by atoms with Crippen molar-refractivity contribution in [2.75, 3.05) is 36.6 Å². The summed E-state index contributed by atoms with van der Waals surface area (Å²) in [7, 11) is -0.802. The van der Waals surface area contributed by atoms with Gasteiger partial charge in [-0.3, -0.25) is 9.10 Å². The number of aryl methyl sites for hydroxylation is 2. The molecular formula is C19H23ClN2O5S. The Labute approximate surface area is 170 Å². The lowest BCUT2D eigenvalue weighted by molar-refractivity contribution is -0.114. The third-order valence-electron chi connectivity index (χ3n) is 4.12. The zero-order valence-corrected chi connectivity index (χ0v) is 17.9. The Hall–Kier alpha value is -2.45. The Morgan fingerprint density at radius 1 is 1.11 bits per heavy atom. The van der Waals surface area contributed by atoms with Crippen LogP contribution in [0.3, 0.4) is 0 Å². The molecule has 2 aromatic carbocycles. The molecule has 0 saturated carbocycles. The number of hydrogen-bond donors (Lipinski definition) is 1. The average molecular weight is 427 g/mol. The second kappa shape index (κ2) is 8.70. The van der Waals surface area contributed by atoms with Gasteiger partial charge < -0.3 is 14.8 Å². The van der Waals surface area contributed by atoms with Crippen molar-refractivity contribution in [3.63, 3.8) is 0 Å². The summed E-state index contributed by atoms with van der Waals surface area (Å²) in [6.45, 7) is 3.20. The van der Waals surface area contributed by atoms with E-state index in [2.05, 4.69) is 5.32 Å². The average Bonchev–Trinajstić information content (AvgIpc) is 2.60. The maximum absolute atomic E-state index is 12.7. The third-order valence-corrected chi connectivity index (χ3v) is 5.53. The van der Waals surface area contributed by atoms with E-state index in [9.17, 15) is 13.2 Å². The first-order valence-electron chi connectivity index (χ1n) is 8.33. The van der Waals surface area contributed by atoms with Crippen molar-refractivity contribution < 1.29 is 22.7 Å². The normalized spacial score (nSPS) is 11.1. The van der Waals surface area contributed by atoms with Crippen molar-refractivity contribution in [2.24, 2.45) is 0 Å². The summed E-state index contributed by atoms with van der Waals surface area (Å²) in [6.07, 6.45) is 1.07. The van der Waals surface area contributed by atoms with Crippen LogP contribution in [0.25, 0.3) is 0 Å². The number of nitrogens with one attached hydrogen (secondary N) is 1. The molecule has 2 rings (SSSR count). The van der Waals surface area contributed by atoms with Gasteiger partial charge in [-0.25, -0.2) is 8.42 Å². The maximum atomic E-state index is 12.7. The molecule has 9 heteroatoms. The largest absolute Gasteiger partial charge is 0.495 e. The van der Waals surface area contributed by atoms with Crippen molar-refractivity contribution in [1.82, 2.24) is 0 Å². The molecule has 0 saturated heterocycles. The number of sulfonamides is 1. The molecule has 28 heavy (non-hydrogen) atoms. The van der Waals surface area contributed by atoms with E-state index in [1.165, 1.54) is 26.4 Å². The Kier molecular flexibility index (Phi) is 6.79. The third kappa shape index (κ3) is 4.88. The van der Waals surface area contributed by atoms with Crippen LogP contribution in [-0.2, 0) is 14.8 Å². The molecule has 7 nitrogen and oxygen atoms in total. The highest BCUT2D eigenvalue weighted by Crippen LogP contribution is 2.36. The molecule has 0 aliphatic rings. The van der Waals surface area contributed by atoms with E-state index in [1.54, 1.807) is 26.0 Å². The molecule has 0 fully saturated rings. The molecule has 0 bridgehead atoms. The predicted molar refractivity (Wildman–Crippen MR) is 111 cm³/mol. The fourth-order valence-electron chi connectivity index (χ4n) is 2.84. The first kappa shape index (κ1) is 21.8. The number of halogens is 1. The second-order valence-corrected chi connectivity index (χ2v) is 8.56. The number of amides is 1. The SMILES string of the molecule is COc1cc(NC(=O)CN(c2c(C)cccc2C)S(C)(=O)=O)c(OC)cc1Cl. The summed E-state index contributed by atoms with van der Waals surface area (Å²) in [5.41, 5.74) is 2.32. The summed E-state index contributed by atoms with van der Waals surface area (Å²) in [4.78, 5) is 12.7. The van der Waals surface area contributed by atoms with E-state index in [1.807, 2.05) is 6.07 Å². The van der Waals surface area contributed by atoms with Gasteiger partial charge in [-0.2, -0.15) is 0 Å². The molecule has 0 aliphatic heterocycles. The number of methoxy groups -OCH3 is 2. The van der Waals surface area contributed by atoms with Crippen molar-refractivity contribution >= 4 is 38.9 Å². The number of anilines is 2. The molecular weight excluding hydrogens is 404 g/mol. The van der Waals surface area contributed by atoms with Crippen LogP contribution in [0.4, 0.5) is 11.4 Å². The van der Waals surface area contributed by atoms with Crippen LogP contribution in [0.5, 0.6) is 11.5 Å². The molecule has 1 N–H and O–H groups in total. The molecule has 1 amide bonds. The second-order valence-electron chi connectivity index (χ2n) is 6.25. The number of para-hydroxylation sites is 1. The van der Waals surface area contributed by atoms with E-state index in [0.29, 0.717) is 27.9 Å². The summed E-state index contributed by atoms with van der Waals surface area (Å²) >= 11 is 6.07. The number of hydrogen-bond acceptors (Lipinski definition) is 5. The summed E-state index contributed by atoms with van der Waals surface area (Å²) in [6, 6.07) is 8.45. The first-order valence-corrected chi connectivity index (χ1v) is 10.6. The number of nitrogens with zero attached hydrogens (tertiary/aromatic N) is 1. The van der Waals surface area contributed by atoms with Crippen LogP contribution in [0.2, 0.25) is 5.02 Å². The van der Waals surface area contributed by atoms with Gasteiger partial charge in [0.25, 0.3) is 0 Å². The van der Waals surface area contributed by atoms with Crippen molar-refractivity contribution in [3.05, 3.63) is 46.5 Å². The molecule has 152 valence electrons. The van der Waals surface area contributed by atoms with Crippen molar-refractivity contribution in [3.8, 4) is 11.5 Å². The number of carbonyl (C=O) groups excluding carboxylic acids is 1. The van der Waals surface area contributed by atoms with Crippen LogP contribution in [0.15, 0.2) is 30.3 Å². The van der Waals surface area contributed by atoms with E-state index in [-0.39, 0.29) is 0 Å². The molecule has 0 aromatic heterocycles. The number of ether oxygens (including phenoxy) is 2. The van der Waals surface area contributed by atoms with Crippen molar-refractivity contribution in [1.29, 1.82) is 0 Å². The van der Waals surface area contributed by atoms with Gasteiger partial charge in [0.05, 0.1) is 36.9 Å². The molecule has 0 radical (unpaired) electrons. The van der Waals surface area contributed by atoms with Crippen LogP contribution < -0.4 is 19.1 Å². The fraction of sp³-hybridized carbons (Fsp3) is 0.316. The van der Waals surface area contributed by atoms with Gasteiger partial charge in [0, 0.05) is 12.1 Å². The Morgan fingerprint density at radius 3 is 2.18 bits per heavy atom. The zero-order valence-electron chi connectivity index (χ0n) is 16.4. The monoisotopic (exact) mass is 426 g/mol. The lowest BCUT2D eigenvalue weighted by Crippen LogP contribution is -2.38. The Balaban J connectivity index is 2.36. The minimum Gasteiger partial charge on any atom is -0.495 e. The maximum Gasteiger partial charge on any atom is 0.245 e. The summed E-state index contributed by atoms with van der Waals surface area (Å²) < 4.78 is 36.2. The number of rotatable bonds is 7. The Bertz CT molecular complexity index is 972. The smallest absolute Gasteiger partial charge is 0.245 e. The topological polar surface area (TPSA) is 84.9 Å². The van der Waals surface area contributed by atoms with E-state index in [4.69, 9.17) is 21.1 Å². The minimum absolute atomic E-state index is 0.323. The molecule has 0 spiro atoms. The van der Waals surface area contributed by atoms with Crippen LogP contribution >= 0.6 is 11.6 Å². The van der Waals surface area contributed by atoms with Gasteiger partial charge in [0.15, 0.2) is 0 Å². The molecule has 0 unspecified atom stereocenters. The van der Waals surface area contributed by atoms with Crippen molar-refractivity contribution in [2.45, 2.75) is 13.8 Å². The van der Waals surface area contributed by atoms with Gasteiger partial charge in [0.1, 0.15) is 18.0 Å². The first-order chi connectivity index (χ1) is 13.1. The van der Waals surface area contributed by atoms with Gasteiger partial charge in [-0.15, -0.1) is 0 Å². The van der Waals surface area contributed by atoms with Gasteiger partial charge >= 0.3 is 0 Å². The van der Waals surface area contributed by atoms with E-state index >= 15 is 0 Å².